The van der Waals surface area contributed by atoms with Crippen LogP contribution in [0.1, 0.15) is 12.0 Å². The maximum atomic E-state index is 10.9. The van der Waals surface area contributed by atoms with Crippen LogP contribution in [0.3, 0.4) is 0 Å². The van der Waals surface area contributed by atoms with E-state index in [1.165, 1.54) is 7.11 Å². The van der Waals surface area contributed by atoms with Gasteiger partial charge in [0.25, 0.3) is 0 Å². The van der Waals surface area contributed by atoms with Crippen LogP contribution in [-0.4, -0.2) is 13.1 Å². The van der Waals surface area contributed by atoms with Gasteiger partial charge in [0.1, 0.15) is 0 Å². The largest absolute Gasteiger partial charge is 0.469 e. The van der Waals surface area contributed by atoms with Gasteiger partial charge in [-0.1, -0.05) is 23.2 Å². The summed E-state index contributed by atoms with van der Waals surface area (Å²) in [5.74, 6) is -0.254. The molecule has 0 aliphatic heterocycles. The Morgan fingerprint density at radius 1 is 1.57 bits per heavy atom. The van der Waals surface area contributed by atoms with Gasteiger partial charge in [-0.15, -0.1) is 0 Å². The van der Waals surface area contributed by atoms with E-state index in [2.05, 4.69) is 10.8 Å². The van der Waals surface area contributed by atoms with Crippen LogP contribution < -0.4 is 0 Å². The van der Waals surface area contributed by atoms with Crippen molar-refractivity contribution >= 4 is 29.2 Å². The standard InChI is InChI=1S/C10H9Cl2O2/c1-14-10(13)5-3-7-2-4-8(11)6-9(7)12/h2,6H,3,5H2,1H3. The molecular formula is C10H9Cl2O2. The number of hydrogen-bond acceptors (Lipinski definition) is 2. The van der Waals surface area contributed by atoms with Crippen molar-refractivity contribution in [2.75, 3.05) is 7.11 Å². The highest BCUT2D eigenvalue weighted by molar-refractivity contribution is 6.34. The second-order valence-corrected chi connectivity index (χ2v) is 3.54. The Morgan fingerprint density at radius 3 is 2.86 bits per heavy atom. The second kappa shape index (κ2) is 5.23. The third-order valence-electron chi connectivity index (χ3n) is 1.77. The molecule has 0 bridgehead atoms. The lowest BCUT2D eigenvalue weighted by Crippen LogP contribution is -2.02. The van der Waals surface area contributed by atoms with Crippen LogP contribution in [0.5, 0.6) is 0 Å². The number of rotatable bonds is 3. The van der Waals surface area contributed by atoms with Crippen molar-refractivity contribution < 1.29 is 9.53 Å². The lowest BCUT2D eigenvalue weighted by Gasteiger charge is -2.03. The maximum Gasteiger partial charge on any atom is 0.305 e. The molecule has 0 saturated carbocycles. The number of ether oxygens (including phenoxy) is 1. The highest BCUT2D eigenvalue weighted by atomic mass is 35.5. The molecule has 1 rings (SSSR count). The minimum absolute atomic E-state index is 0.254. The van der Waals surface area contributed by atoms with Crippen LogP contribution in [0.15, 0.2) is 12.1 Å². The number of hydrogen-bond donors (Lipinski definition) is 0. The third kappa shape index (κ3) is 3.20. The lowest BCUT2D eigenvalue weighted by molar-refractivity contribution is -0.140. The molecule has 75 valence electrons. The van der Waals surface area contributed by atoms with E-state index >= 15 is 0 Å². The zero-order valence-corrected chi connectivity index (χ0v) is 9.15. The molecule has 0 atom stereocenters. The van der Waals surface area contributed by atoms with Gasteiger partial charge < -0.3 is 4.74 Å². The summed E-state index contributed by atoms with van der Waals surface area (Å²) in [7, 11) is 1.36. The molecule has 0 spiro atoms. The Hall–Kier alpha value is -0.730. The molecule has 0 N–H and O–H groups in total. The number of esters is 1. The van der Waals surface area contributed by atoms with Crippen LogP contribution in [0.2, 0.25) is 10.0 Å². The van der Waals surface area contributed by atoms with Gasteiger partial charge in [-0.2, -0.15) is 0 Å². The molecule has 2 nitrogen and oxygen atoms in total. The van der Waals surface area contributed by atoms with Crippen LogP contribution in [-0.2, 0) is 16.0 Å². The number of carbonyl (C=O) groups is 1. The average Bonchev–Trinajstić information content (AvgIpc) is 2.16. The monoisotopic (exact) mass is 231 g/mol. The van der Waals surface area contributed by atoms with E-state index in [9.17, 15) is 4.79 Å². The Balaban J connectivity index is 2.63. The summed E-state index contributed by atoms with van der Waals surface area (Å²) in [6.07, 6.45) is 0.852. The Bertz CT molecular complexity index is 337. The minimum atomic E-state index is -0.254. The molecule has 14 heavy (non-hydrogen) atoms. The van der Waals surface area contributed by atoms with Crippen molar-refractivity contribution in [2.24, 2.45) is 0 Å². The fraction of sp³-hybridized carbons (Fsp3) is 0.300. The van der Waals surface area contributed by atoms with Gasteiger partial charge in [0.2, 0.25) is 0 Å². The van der Waals surface area contributed by atoms with Crippen LogP contribution >= 0.6 is 23.2 Å². The van der Waals surface area contributed by atoms with Gasteiger partial charge in [-0.05, 0) is 24.1 Å². The summed E-state index contributed by atoms with van der Waals surface area (Å²) in [4.78, 5) is 10.9. The first-order valence-corrected chi connectivity index (χ1v) is 4.81. The molecule has 1 aromatic rings. The van der Waals surface area contributed by atoms with E-state index < -0.39 is 0 Å². The lowest BCUT2D eigenvalue weighted by atomic mass is 10.1. The predicted octanol–water partition coefficient (Wildman–Crippen LogP) is 2.90. The van der Waals surface area contributed by atoms with Gasteiger partial charge in [-0.25, -0.2) is 0 Å². The molecule has 0 aromatic heterocycles. The molecule has 0 saturated heterocycles. The van der Waals surface area contributed by atoms with E-state index in [0.29, 0.717) is 22.9 Å². The molecule has 0 heterocycles. The van der Waals surface area contributed by atoms with Crippen LogP contribution in [0.4, 0.5) is 0 Å². The van der Waals surface area contributed by atoms with Crippen molar-refractivity contribution in [3.05, 3.63) is 33.8 Å². The topological polar surface area (TPSA) is 26.3 Å². The Labute approximate surface area is 92.8 Å². The summed E-state index contributed by atoms with van der Waals surface area (Å²) in [6, 6.07) is 6.11. The minimum Gasteiger partial charge on any atom is -0.469 e. The van der Waals surface area contributed by atoms with Gasteiger partial charge in [0.05, 0.1) is 7.11 Å². The fourth-order valence-corrected chi connectivity index (χ4v) is 1.48. The SMILES string of the molecule is COC(=O)CCc1c[c]c(Cl)cc1Cl. The van der Waals surface area contributed by atoms with E-state index in [1.54, 1.807) is 12.1 Å². The fourth-order valence-electron chi connectivity index (χ4n) is 1.00. The second-order valence-electron chi connectivity index (χ2n) is 2.73. The van der Waals surface area contributed by atoms with Crippen molar-refractivity contribution in [3.63, 3.8) is 0 Å². The predicted molar refractivity (Wildman–Crippen MR) is 55.6 cm³/mol. The number of aryl methyl sites for hydroxylation is 1. The summed E-state index contributed by atoms with van der Waals surface area (Å²) < 4.78 is 4.52. The molecule has 1 radical (unpaired) electrons. The normalized spacial score (nSPS) is 9.93. The van der Waals surface area contributed by atoms with Gasteiger partial charge >= 0.3 is 5.97 Å². The van der Waals surface area contributed by atoms with Gasteiger partial charge in [0.15, 0.2) is 0 Å². The third-order valence-corrected chi connectivity index (χ3v) is 2.34. The number of halogens is 2. The highest BCUT2D eigenvalue weighted by Gasteiger charge is 2.05. The van der Waals surface area contributed by atoms with E-state index in [0.717, 1.165) is 5.56 Å². The van der Waals surface area contributed by atoms with Crippen molar-refractivity contribution in [1.82, 2.24) is 0 Å². The first-order chi connectivity index (χ1) is 6.63. The smallest absolute Gasteiger partial charge is 0.305 e. The molecule has 0 unspecified atom stereocenters. The first-order valence-electron chi connectivity index (χ1n) is 4.06. The Kier molecular flexibility index (Phi) is 4.23. The molecule has 1 aromatic carbocycles. The summed E-state index contributed by atoms with van der Waals surface area (Å²) >= 11 is 11.6. The quantitative estimate of drug-likeness (QED) is 0.749. The van der Waals surface area contributed by atoms with Crippen molar-refractivity contribution in [1.29, 1.82) is 0 Å². The highest BCUT2D eigenvalue weighted by Crippen LogP contribution is 2.21. The van der Waals surface area contributed by atoms with Crippen LogP contribution in [0.25, 0.3) is 0 Å². The molecule has 0 amide bonds. The summed E-state index contributed by atoms with van der Waals surface area (Å²) in [6.45, 7) is 0. The van der Waals surface area contributed by atoms with Gasteiger partial charge in [0, 0.05) is 22.5 Å². The maximum absolute atomic E-state index is 10.9. The molecule has 0 fully saturated rings. The molecule has 0 aliphatic carbocycles. The van der Waals surface area contributed by atoms with E-state index in [1.807, 2.05) is 0 Å². The van der Waals surface area contributed by atoms with Crippen LogP contribution in [0, 0.1) is 6.07 Å². The van der Waals surface area contributed by atoms with Crippen molar-refractivity contribution in [2.45, 2.75) is 12.8 Å². The number of carbonyl (C=O) groups excluding carboxylic acids is 1. The summed E-state index contributed by atoms with van der Waals surface area (Å²) in [5, 5.41) is 1.02. The van der Waals surface area contributed by atoms with E-state index in [-0.39, 0.29) is 5.97 Å². The first kappa shape index (κ1) is 11.3. The zero-order valence-electron chi connectivity index (χ0n) is 7.64. The summed E-state index contributed by atoms with van der Waals surface area (Å²) in [5.41, 5.74) is 0.849. The molecule has 0 aliphatic rings. The zero-order chi connectivity index (χ0) is 10.6. The number of benzene rings is 1. The van der Waals surface area contributed by atoms with E-state index in [4.69, 9.17) is 23.2 Å². The Morgan fingerprint density at radius 2 is 2.29 bits per heavy atom. The number of methoxy groups -OCH3 is 1. The van der Waals surface area contributed by atoms with Gasteiger partial charge in [-0.3, -0.25) is 4.79 Å². The molecule has 4 heteroatoms. The average molecular weight is 232 g/mol. The van der Waals surface area contributed by atoms with Crippen molar-refractivity contribution in [3.8, 4) is 0 Å². The molecular weight excluding hydrogens is 223 g/mol.